The van der Waals surface area contributed by atoms with E-state index in [4.69, 9.17) is 10.2 Å². The number of hydrazone groups is 1. The van der Waals surface area contributed by atoms with Crippen LogP contribution in [0.15, 0.2) is 127 Å². The molecule has 2 atom stereocenters. The molecule has 174 valence electrons. The SMILES string of the molecule is c1ccc(-c2nn(-c3ccccc3)cc2[C@@H]2[C@@H]3CCc4ccccc4C3=NN2c2ccccc2)cc1. The van der Waals surface area contributed by atoms with Crippen molar-refractivity contribution in [3.8, 4) is 16.9 Å². The van der Waals surface area contributed by atoms with Crippen molar-refractivity contribution >= 4 is 11.4 Å². The van der Waals surface area contributed by atoms with Gasteiger partial charge in [-0.3, -0.25) is 5.01 Å². The highest BCUT2D eigenvalue weighted by atomic mass is 15.5. The van der Waals surface area contributed by atoms with Crippen molar-refractivity contribution in [1.29, 1.82) is 0 Å². The third-order valence-corrected chi connectivity index (χ3v) is 7.38. The highest BCUT2D eigenvalue weighted by molar-refractivity contribution is 6.07. The zero-order chi connectivity index (χ0) is 23.9. The molecule has 0 saturated carbocycles. The Hall–Kier alpha value is -4.44. The molecule has 0 radical (unpaired) electrons. The lowest BCUT2D eigenvalue weighted by atomic mass is 9.77. The van der Waals surface area contributed by atoms with E-state index >= 15 is 0 Å². The van der Waals surface area contributed by atoms with E-state index in [1.54, 1.807) is 0 Å². The van der Waals surface area contributed by atoms with Gasteiger partial charge in [-0.05, 0) is 42.7 Å². The summed E-state index contributed by atoms with van der Waals surface area (Å²) < 4.78 is 2.02. The van der Waals surface area contributed by atoms with Crippen LogP contribution in [0, 0.1) is 5.92 Å². The smallest absolute Gasteiger partial charge is 0.0981 e. The average Bonchev–Trinajstić information content (AvgIpc) is 3.57. The lowest BCUT2D eigenvalue weighted by molar-refractivity contribution is 0.510. The predicted octanol–water partition coefficient (Wildman–Crippen LogP) is 7.07. The van der Waals surface area contributed by atoms with Gasteiger partial charge in [0, 0.05) is 28.8 Å². The van der Waals surface area contributed by atoms with Gasteiger partial charge < -0.3 is 0 Å². The number of hydrogen-bond donors (Lipinski definition) is 0. The number of aryl methyl sites for hydroxylation is 1. The van der Waals surface area contributed by atoms with E-state index < -0.39 is 0 Å². The fourth-order valence-electron chi connectivity index (χ4n) is 5.70. The Kier molecular flexibility index (Phi) is 5.02. The fourth-order valence-corrected chi connectivity index (χ4v) is 5.70. The van der Waals surface area contributed by atoms with Crippen LogP contribution in [0.1, 0.15) is 29.2 Å². The molecule has 4 heteroatoms. The second-order valence-corrected chi connectivity index (χ2v) is 9.49. The van der Waals surface area contributed by atoms with Crippen molar-refractivity contribution in [2.45, 2.75) is 18.9 Å². The van der Waals surface area contributed by atoms with E-state index in [0.717, 1.165) is 35.5 Å². The minimum Gasteiger partial charge on any atom is -0.257 e. The Balaban J connectivity index is 1.43. The molecule has 0 saturated heterocycles. The van der Waals surface area contributed by atoms with Crippen LogP contribution in [0.5, 0.6) is 0 Å². The van der Waals surface area contributed by atoms with Crippen LogP contribution >= 0.6 is 0 Å². The minimum atomic E-state index is 0.0587. The molecule has 0 unspecified atom stereocenters. The molecule has 0 N–H and O–H groups in total. The van der Waals surface area contributed by atoms with Gasteiger partial charge in [-0.25, -0.2) is 4.68 Å². The van der Waals surface area contributed by atoms with Crippen LogP contribution in [-0.2, 0) is 6.42 Å². The Morgan fingerprint density at radius 1 is 0.667 bits per heavy atom. The zero-order valence-corrected chi connectivity index (χ0v) is 19.9. The summed E-state index contributed by atoms with van der Waals surface area (Å²) in [5.74, 6) is 0.288. The summed E-state index contributed by atoms with van der Waals surface area (Å²) in [4.78, 5) is 0. The molecular formula is C32H26N4. The van der Waals surface area contributed by atoms with Gasteiger partial charge in [0.2, 0.25) is 0 Å². The van der Waals surface area contributed by atoms with E-state index in [9.17, 15) is 0 Å². The van der Waals surface area contributed by atoms with Gasteiger partial charge in [0.15, 0.2) is 0 Å². The Bertz CT molecular complexity index is 1540. The van der Waals surface area contributed by atoms with Crippen molar-refractivity contribution in [2.24, 2.45) is 11.0 Å². The first-order valence-corrected chi connectivity index (χ1v) is 12.6. The molecule has 4 nitrogen and oxygen atoms in total. The molecule has 0 amide bonds. The van der Waals surface area contributed by atoms with Crippen LogP contribution in [0.3, 0.4) is 0 Å². The number of rotatable bonds is 4. The third kappa shape index (κ3) is 3.45. The van der Waals surface area contributed by atoms with Gasteiger partial charge in [0.25, 0.3) is 0 Å². The fraction of sp³-hybridized carbons (Fsp3) is 0.125. The summed E-state index contributed by atoms with van der Waals surface area (Å²) in [7, 11) is 0. The lowest BCUT2D eigenvalue weighted by Crippen LogP contribution is -2.29. The second kappa shape index (κ2) is 8.65. The van der Waals surface area contributed by atoms with Crippen molar-refractivity contribution in [3.05, 3.63) is 138 Å². The highest BCUT2D eigenvalue weighted by Crippen LogP contribution is 2.47. The number of benzene rings is 4. The van der Waals surface area contributed by atoms with E-state index in [0.29, 0.717) is 0 Å². The Labute approximate surface area is 211 Å². The number of nitrogens with zero attached hydrogens (tertiary/aromatic N) is 4. The van der Waals surface area contributed by atoms with Gasteiger partial charge in [-0.15, -0.1) is 0 Å². The molecule has 1 aromatic heterocycles. The summed E-state index contributed by atoms with van der Waals surface area (Å²) in [5.41, 5.74) is 9.38. The normalized spacial score (nSPS) is 18.4. The van der Waals surface area contributed by atoms with Gasteiger partial charge in [0.05, 0.1) is 28.8 Å². The first-order valence-electron chi connectivity index (χ1n) is 12.6. The van der Waals surface area contributed by atoms with Crippen LogP contribution in [0.4, 0.5) is 5.69 Å². The molecule has 2 heterocycles. The monoisotopic (exact) mass is 466 g/mol. The van der Waals surface area contributed by atoms with E-state index in [-0.39, 0.29) is 12.0 Å². The van der Waals surface area contributed by atoms with Gasteiger partial charge in [0.1, 0.15) is 0 Å². The number of fused-ring (bicyclic) bond motifs is 3. The summed E-state index contributed by atoms with van der Waals surface area (Å²) >= 11 is 0. The lowest BCUT2D eigenvalue weighted by Gasteiger charge is -2.30. The molecule has 1 aliphatic heterocycles. The van der Waals surface area contributed by atoms with Crippen molar-refractivity contribution in [3.63, 3.8) is 0 Å². The van der Waals surface area contributed by atoms with Crippen LogP contribution in [-0.4, -0.2) is 15.5 Å². The van der Waals surface area contributed by atoms with E-state index in [1.165, 1.54) is 22.4 Å². The third-order valence-electron chi connectivity index (χ3n) is 7.38. The maximum Gasteiger partial charge on any atom is 0.0981 e. The number of anilines is 1. The van der Waals surface area contributed by atoms with Crippen molar-refractivity contribution in [1.82, 2.24) is 9.78 Å². The zero-order valence-electron chi connectivity index (χ0n) is 19.9. The van der Waals surface area contributed by atoms with E-state index in [2.05, 4.69) is 120 Å². The maximum absolute atomic E-state index is 5.31. The largest absolute Gasteiger partial charge is 0.257 e. The summed E-state index contributed by atoms with van der Waals surface area (Å²) in [6.45, 7) is 0. The quantitative estimate of drug-likeness (QED) is 0.284. The molecular weight excluding hydrogens is 440 g/mol. The topological polar surface area (TPSA) is 33.4 Å². The molecule has 1 aliphatic carbocycles. The van der Waals surface area contributed by atoms with Crippen molar-refractivity contribution < 1.29 is 0 Å². The first kappa shape index (κ1) is 20.9. The standard InChI is InChI=1S/C32H26N4/c1-4-13-24(14-5-1)30-29(22-35(33-30)25-15-6-2-7-16-25)32-28-21-20-23-12-10-11-19-27(23)31(28)34-36(32)26-17-8-3-9-18-26/h1-19,22,28,32H,20-21H2/t28-,32+/m1/s1. The maximum atomic E-state index is 5.31. The second-order valence-electron chi connectivity index (χ2n) is 9.49. The van der Waals surface area contributed by atoms with Gasteiger partial charge >= 0.3 is 0 Å². The molecule has 5 aromatic rings. The summed E-state index contributed by atoms with van der Waals surface area (Å²) in [6, 6.07) is 40.3. The average molecular weight is 467 g/mol. The van der Waals surface area contributed by atoms with Gasteiger partial charge in [-0.2, -0.15) is 10.2 Å². The predicted molar refractivity (Wildman–Crippen MR) is 145 cm³/mol. The van der Waals surface area contributed by atoms with Crippen LogP contribution < -0.4 is 5.01 Å². The molecule has 7 rings (SSSR count). The minimum absolute atomic E-state index is 0.0587. The Morgan fingerprint density at radius 2 is 1.31 bits per heavy atom. The number of para-hydroxylation sites is 2. The van der Waals surface area contributed by atoms with Gasteiger partial charge in [-0.1, -0.05) is 91.0 Å². The summed E-state index contributed by atoms with van der Waals surface area (Å²) in [5, 5.41) is 12.7. The number of hydrogen-bond acceptors (Lipinski definition) is 3. The Morgan fingerprint density at radius 3 is 2.06 bits per heavy atom. The molecule has 36 heavy (non-hydrogen) atoms. The molecule has 0 fully saturated rings. The van der Waals surface area contributed by atoms with Crippen LogP contribution in [0.2, 0.25) is 0 Å². The summed E-state index contributed by atoms with van der Waals surface area (Å²) in [6.07, 6.45) is 4.35. The first-order chi connectivity index (χ1) is 17.9. The number of aromatic nitrogens is 2. The molecule has 4 aromatic carbocycles. The molecule has 0 bridgehead atoms. The van der Waals surface area contributed by atoms with E-state index in [1.807, 2.05) is 10.7 Å². The highest BCUT2D eigenvalue weighted by Gasteiger charge is 2.43. The van der Waals surface area contributed by atoms with Crippen molar-refractivity contribution in [2.75, 3.05) is 5.01 Å². The van der Waals surface area contributed by atoms with Crippen LogP contribution in [0.25, 0.3) is 16.9 Å². The molecule has 2 aliphatic rings. The molecule has 0 spiro atoms.